The van der Waals surface area contributed by atoms with Gasteiger partial charge in [0.2, 0.25) is 0 Å². The molecule has 0 fully saturated rings. The number of hydrogen-bond acceptors (Lipinski definition) is 1. The highest BCUT2D eigenvalue weighted by molar-refractivity contribution is 5.28. The van der Waals surface area contributed by atoms with Crippen LogP contribution in [0.5, 0.6) is 0 Å². The summed E-state index contributed by atoms with van der Waals surface area (Å²) in [5, 5.41) is 0. The first-order chi connectivity index (χ1) is 6.98. The van der Waals surface area contributed by atoms with Crippen molar-refractivity contribution in [1.29, 1.82) is 0 Å². The van der Waals surface area contributed by atoms with Gasteiger partial charge in [-0.25, -0.2) is 0 Å². The Morgan fingerprint density at radius 1 is 1.27 bits per heavy atom. The Kier molecular flexibility index (Phi) is 3.35. The molecule has 1 aromatic rings. The van der Waals surface area contributed by atoms with Crippen LogP contribution in [-0.2, 0) is 5.54 Å². The van der Waals surface area contributed by atoms with Crippen LogP contribution in [0.25, 0.3) is 0 Å². The van der Waals surface area contributed by atoms with Gasteiger partial charge in [-0.1, -0.05) is 57.2 Å². The molecule has 1 unspecified atom stereocenters. The van der Waals surface area contributed by atoms with Gasteiger partial charge in [-0.3, -0.25) is 0 Å². The zero-order chi connectivity index (χ0) is 11.5. The van der Waals surface area contributed by atoms with Crippen molar-refractivity contribution in [3.8, 4) is 0 Å². The van der Waals surface area contributed by atoms with Gasteiger partial charge in [0, 0.05) is 11.0 Å². The van der Waals surface area contributed by atoms with E-state index in [1.165, 1.54) is 5.56 Å². The summed E-state index contributed by atoms with van der Waals surface area (Å²) in [5.41, 5.74) is 7.27. The van der Waals surface area contributed by atoms with Crippen molar-refractivity contribution in [1.82, 2.24) is 0 Å². The van der Waals surface area contributed by atoms with Crippen molar-refractivity contribution < 1.29 is 0 Å². The molecule has 0 spiro atoms. The van der Waals surface area contributed by atoms with Crippen LogP contribution in [0.1, 0.15) is 32.8 Å². The van der Waals surface area contributed by atoms with E-state index in [0.29, 0.717) is 0 Å². The molecule has 82 valence electrons. The quantitative estimate of drug-likeness (QED) is 0.745. The fourth-order valence-corrected chi connectivity index (χ4v) is 1.95. The summed E-state index contributed by atoms with van der Waals surface area (Å²) in [7, 11) is 0. The zero-order valence-electron chi connectivity index (χ0n) is 9.96. The van der Waals surface area contributed by atoms with Gasteiger partial charge in [0.05, 0.1) is 0 Å². The van der Waals surface area contributed by atoms with Gasteiger partial charge in [-0.2, -0.15) is 0 Å². The van der Waals surface area contributed by atoms with Gasteiger partial charge in [0.25, 0.3) is 0 Å². The number of benzene rings is 1. The Morgan fingerprint density at radius 2 is 1.80 bits per heavy atom. The van der Waals surface area contributed by atoms with Crippen molar-refractivity contribution in [2.45, 2.75) is 32.7 Å². The summed E-state index contributed by atoms with van der Waals surface area (Å²) in [6, 6.07) is 10.3. The van der Waals surface area contributed by atoms with E-state index in [9.17, 15) is 0 Å². The fraction of sp³-hybridized carbons (Fsp3) is 0.429. The third kappa shape index (κ3) is 1.98. The largest absolute Gasteiger partial charge is 0.321 e. The molecule has 0 aromatic heterocycles. The summed E-state index contributed by atoms with van der Waals surface area (Å²) in [4.78, 5) is 0. The lowest BCUT2D eigenvalue weighted by Gasteiger charge is -2.42. The van der Waals surface area contributed by atoms with E-state index < -0.39 is 0 Å². The molecule has 0 radical (unpaired) electrons. The molecule has 1 aromatic carbocycles. The number of rotatable bonds is 4. The molecule has 0 saturated heterocycles. The van der Waals surface area contributed by atoms with Gasteiger partial charge >= 0.3 is 0 Å². The number of hydrogen-bond donors (Lipinski definition) is 1. The maximum atomic E-state index is 6.54. The first kappa shape index (κ1) is 12.0. The summed E-state index contributed by atoms with van der Waals surface area (Å²) < 4.78 is 0. The molecule has 0 saturated carbocycles. The average molecular weight is 203 g/mol. The van der Waals surface area contributed by atoms with E-state index in [0.717, 1.165) is 6.42 Å². The van der Waals surface area contributed by atoms with Gasteiger partial charge in [0.15, 0.2) is 0 Å². The van der Waals surface area contributed by atoms with Crippen molar-refractivity contribution in [2.75, 3.05) is 0 Å². The Hall–Kier alpha value is -1.08. The molecule has 15 heavy (non-hydrogen) atoms. The fourth-order valence-electron chi connectivity index (χ4n) is 1.95. The minimum Gasteiger partial charge on any atom is -0.321 e. The molecule has 1 heteroatoms. The second-order valence-electron chi connectivity index (χ2n) is 4.62. The molecule has 0 bridgehead atoms. The van der Waals surface area contributed by atoms with E-state index in [2.05, 4.69) is 39.5 Å². The second-order valence-corrected chi connectivity index (χ2v) is 4.62. The molecule has 0 heterocycles. The summed E-state index contributed by atoms with van der Waals surface area (Å²) >= 11 is 0. The van der Waals surface area contributed by atoms with E-state index >= 15 is 0 Å². The molecular weight excluding hydrogens is 182 g/mol. The van der Waals surface area contributed by atoms with Crippen LogP contribution in [0, 0.1) is 5.41 Å². The highest BCUT2D eigenvalue weighted by Gasteiger charge is 2.39. The minimum absolute atomic E-state index is 0.108. The van der Waals surface area contributed by atoms with Gasteiger partial charge in [0.1, 0.15) is 0 Å². The standard InChI is InChI=1S/C14H21N/c1-5-13(3,4)14(15,6-2)12-10-8-7-9-11-12/h5,7-11H,1,6,15H2,2-4H3. The van der Waals surface area contributed by atoms with Crippen LogP contribution in [0.3, 0.4) is 0 Å². The predicted octanol–water partition coefficient (Wildman–Crippen LogP) is 3.46. The Morgan fingerprint density at radius 3 is 2.20 bits per heavy atom. The Labute approximate surface area is 93.0 Å². The Bertz CT molecular complexity index is 326. The molecule has 2 N–H and O–H groups in total. The average Bonchev–Trinajstić information content (AvgIpc) is 2.29. The summed E-state index contributed by atoms with van der Waals surface area (Å²) in [6.07, 6.45) is 2.85. The van der Waals surface area contributed by atoms with Crippen molar-refractivity contribution >= 4 is 0 Å². The lowest BCUT2D eigenvalue weighted by atomic mass is 9.67. The van der Waals surface area contributed by atoms with Crippen molar-refractivity contribution in [3.63, 3.8) is 0 Å². The molecule has 1 atom stereocenters. The van der Waals surface area contributed by atoms with Crippen LogP contribution in [0.2, 0.25) is 0 Å². The molecular formula is C14H21N. The van der Waals surface area contributed by atoms with Gasteiger partial charge < -0.3 is 5.73 Å². The van der Waals surface area contributed by atoms with E-state index in [1.54, 1.807) is 0 Å². The predicted molar refractivity (Wildman–Crippen MR) is 66.6 cm³/mol. The monoisotopic (exact) mass is 203 g/mol. The Balaban J connectivity index is 3.22. The highest BCUT2D eigenvalue weighted by atomic mass is 14.8. The lowest BCUT2D eigenvalue weighted by Crippen LogP contribution is -2.48. The third-order valence-electron chi connectivity index (χ3n) is 3.51. The van der Waals surface area contributed by atoms with Crippen LogP contribution in [0.15, 0.2) is 43.0 Å². The van der Waals surface area contributed by atoms with Crippen LogP contribution in [-0.4, -0.2) is 0 Å². The molecule has 0 aliphatic rings. The number of nitrogens with two attached hydrogens (primary N) is 1. The second kappa shape index (κ2) is 4.19. The van der Waals surface area contributed by atoms with E-state index in [4.69, 9.17) is 5.73 Å². The maximum absolute atomic E-state index is 6.54. The van der Waals surface area contributed by atoms with Crippen LogP contribution >= 0.6 is 0 Å². The van der Waals surface area contributed by atoms with Gasteiger partial charge in [-0.05, 0) is 12.0 Å². The molecule has 0 amide bonds. The first-order valence-corrected chi connectivity index (χ1v) is 5.46. The lowest BCUT2D eigenvalue weighted by molar-refractivity contribution is 0.218. The maximum Gasteiger partial charge on any atom is 0.0493 e. The van der Waals surface area contributed by atoms with Crippen molar-refractivity contribution in [2.24, 2.45) is 11.1 Å². The normalized spacial score (nSPS) is 15.7. The van der Waals surface area contributed by atoms with Crippen LogP contribution in [0.4, 0.5) is 0 Å². The molecule has 0 aliphatic carbocycles. The smallest absolute Gasteiger partial charge is 0.0493 e. The van der Waals surface area contributed by atoms with Crippen molar-refractivity contribution in [3.05, 3.63) is 48.6 Å². The molecule has 1 nitrogen and oxygen atoms in total. The van der Waals surface area contributed by atoms with E-state index in [1.807, 2.05) is 24.3 Å². The molecule has 0 aliphatic heterocycles. The topological polar surface area (TPSA) is 26.0 Å². The summed E-state index contributed by atoms with van der Waals surface area (Å²) in [5.74, 6) is 0. The minimum atomic E-state index is -0.337. The van der Waals surface area contributed by atoms with Crippen LogP contribution < -0.4 is 5.73 Å². The SMILES string of the molecule is C=CC(C)(C)C(N)(CC)c1ccccc1. The summed E-state index contributed by atoms with van der Waals surface area (Å²) in [6.45, 7) is 10.3. The highest BCUT2D eigenvalue weighted by Crippen LogP contribution is 2.40. The van der Waals surface area contributed by atoms with E-state index in [-0.39, 0.29) is 11.0 Å². The first-order valence-electron chi connectivity index (χ1n) is 5.46. The third-order valence-corrected chi connectivity index (χ3v) is 3.51. The zero-order valence-corrected chi connectivity index (χ0v) is 9.96. The van der Waals surface area contributed by atoms with Gasteiger partial charge in [-0.15, -0.1) is 6.58 Å². The molecule has 1 rings (SSSR count).